The van der Waals surface area contributed by atoms with Crippen LogP contribution in [0.25, 0.3) is 0 Å². The second-order valence-corrected chi connectivity index (χ2v) is 6.97. The zero-order valence-corrected chi connectivity index (χ0v) is 12.5. The number of hydrogen-bond donors (Lipinski definition) is 1. The molecule has 106 valence electrons. The molecule has 0 aromatic heterocycles. The standard InChI is InChI=1S/C16H32N2/c1-3-10-17-12-15-7-11-18(13-15)14-16(2)8-5-4-6-9-16/h15,17H,3-14H2,1-2H3. The molecule has 1 atom stereocenters. The van der Waals surface area contributed by atoms with Crippen LogP contribution in [0.1, 0.15) is 58.8 Å². The van der Waals surface area contributed by atoms with E-state index in [1.165, 1.54) is 77.7 Å². The van der Waals surface area contributed by atoms with Gasteiger partial charge >= 0.3 is 0 Å². The Bertz CT molecular complexity index is 233. The Morgan fingerprint density at radius 3 is 2.72 bits per heavy atom. The Hall–Kier alpha value is -0.0800. The van der Waals surface area contributed by atoms with E-state index >= 15 is 0 Å². The number of nitrogens with zero attached hydrogens (tertiary/aromatic N) is 1. The zero-order chi connectivity index (χ0) is 12.8. The van der Waals surface area contributed by atoms with Crippen molar-refractivity contribution in [3.63, 3.8) is 0 Å². The van der Waals surface area contributed by atoms with Crippen LogP contribution in [0.15, 0.2) is 0 Å². The van der Waals surface area contributed by atoms with E-state index in [1.54, 1.807) is 0 Å². The van der Waals surface area contributed by atoms with Crippen LogP contribution in [0.3, 0.4) is 0 Å². The topological polar surface area (TPSA) is 15.3 Å². The largest absolute Gasteiger partial charge is 0.316 e. The van der Waals surface area contributed by atoms with Crippen molar-refractivity contribution >= 4 is 0 Å². The quantitative estimate of drug-likeness (QED) is 0.730. The van der Waals surface area contributed by atoms with E-state index in [-0.39, 0.29) is 0 Å². The van der Waals surface area contributed by atoms with Crippen molar-refractivity contribution in [2.45, 2.75) is 58.8 Å². The Morgan fingerprint density at radius 2 is 2.00 bits per heavy atom. The average molecular weight is 252 g/mol. The molecule has 0 amide bonds. The summed E-state index contributed by atoms with van der Waals surface area (Å²) in [4.78, 5) is 2.74. The number of hydrogen-bond acceptors (Lipinski definition) is 2. The molecular formula is C16H32N2. The molecule has 1 saturated carbocycles. The lowest BCUT2D eigenvalue weighted by atomic mass is 9.75. The summed E-state index contributed by atoms with van der Waals surface area (Å²) in [6.45, 7) is 11.2. The molecule has 1 unspecified atom stereocenters. The van der Waals surface area contributed by atoms with Crippen molar-refractivity contribution in [2.75, 3.05) is 32.7 Å². The van der Waals surface area contributed by atoms with E-state index in [9.17, 15) is 0 Å². The molecule has 1 heterocycles. The van der Waals surface area contributed by atoms with Crippen LogP contribution in [-0.2, 0) is 0 Å². The predicted molar refractivity (Wildman–Crippen MR) is 78.9 cm³/mol. The highest BCUT2D eigenvalue weighted by Crippen LogP contribution is 2.37. The van der Waals surface area contributed by atoms with Crippen LogP contribution in [-0.4, -0.2) is 37.6 Å². The molecule has 18 heavy (non-hydrogen) atoms. The fraction of sp³-hybridized carbons (Fsp3) is 1.00. The van der Waals surface area contributed by atoms with Gasteiger partial charge in [-0.2, -0.15) is 0 Å². The van der Waals surface area contributed by atoms with Crippen molar-refractivity contribution in [3.8, 4) is 0 Å². The molecule has 2 heteroatoms. The maximum Gasteiger partial charge on any atom is 0.00354 e. The van der Waals surface area contributed by atoms with Gasteiger partial charge < -0.3 is 10.2 Å². The van der Waals surface area contributed by atoms with E-state index in [2.05, 4.69) is 24.1 Å². The molecule has 2 aliphatic rings. The minimum atomic E-state index is 0.629. The molecular weight excluding hydrogens is 220 g/mol. The first-order chi connectivity index (χ1) is 8.72. The average Bonchev–Trinajstić information content (AvgIpc) is 2.77. The van der Waals surface area contributed by atoms with Crippen molar-refractivity contribution in [1.82, 2.24) is 10.2 Å². The van der Waals surface area contributed by atoms with Gasteiger partial charge in [-0.05, 0) is 56.7 Å². The summed E-state index contributed by atoms with van der Waals surface area (Å²) in [7, 11) is 0. The molecule has 0 spiro atoms. The Morgan fingerprint density at radius 1 is 1.22 bits per heavy atom. The Kier molecular flexibility index (Phi) is 5.50. The lowest BCUT2D eigenvalue weighted by Crippen LogP contribution is -2.36. The molecule has 2 fully saturated rings. The van der Waals surface area contributed by atoms with Gasteiger partial charge in [0.2, 0.25) is 0 Å². The summed E-state index contributed by atoms with van der Waals surface area (Å²) in [6.07, 6.45) is 9.99. The molecule has 2 nitrogen and oxygen atoms in total. The normalized spacial score (nSPS) is 28.7. The summed E-state index contributed by atoms with van der Waals surface area (Å²) in [5.41, 5.74) is 0.629. The van der Waals surface area contributed by atoms with Gasteiger partial charge in [-0.1, -0.05) is 33.1 Å². The summed E-state index contributed by atoms with van der Waals surface area (Å²) in [5, 5.41) is 3.58. The molecule has 2 rings (SSSR count). The van der Waals surface area contributed by atoms with Crippen molar-refractivity contribution in [1.29, 1.82) is 0 Å². The summed E-state index contributed by atoms with van der Waals surface area (Å²) >= 11 is 0. The number of likely N-dealkylation sites (tertiary alicyclic amines) is 1. The van der Waals surface area contributed by atoms with Crippen LogP contribution in [0, 0.1) is 11.3 Å². The first-order valence-electron chi connectivity index (χ1n) is 8.15. The first kappa shape index (κ1) is 14.3. The van der Waals surface area contributed by atoms with E-state index in [0.717, 1.165) is 5.92 Å². The third-order valence-electron chi connectivity index (χ3n) is 4.90. The third kappa shape index (κ3) is 4.24. The summed E-state index contributed by atoms with van der Waals surface area (Å²) in [6, 6.07) is 0. The van der Waals surface area contributed by atoms with Gasteiger partial charge in [0.1, 0.15) is 0 Å². The lowest BCUT2D eigenvalue weighted by molar-refractivity contribution is 0.136. The lowest BCUT2D eigenvalue weighted by Gasteiger charge is -2.37. The van der Waals surface area contributed by atoms with E-state index in [4.69, 9.17) is 0 Å². The van der Waals surface area contributed by atoms with Gasteiger partial charge in [-0.15, -0.1) is 0 Å². The Labute approximate surface area is 114 Å². The maximum atomic E-state index is 3.58. The molecule has 0 radical (unpaired) electrons. The van der Waals surface area contributed by atoms with Gasteiger partial charge in [0.25, 0.3) is 0 Å². The highest BCUT2D eigenvalue weighted by molar-refractivity contribution is 4.85. The van der Waals surface area contributed by atoms with Gasteiger partial charge in [0.05, 0.1) is 0 Å². The zero-order valence-electron chi connectivity index (χ0n) is 12.5. The van der Waals surface area contributed by atoms with Gasteiger partial charge in [-0.25, -0.2) is 0 Å². The number of rotatable bonds is 6. The molecule has 1 N–H and O–H groups in total. The second-order valence-electron chi connectivity index (χ2n) is 6.97. The summed E-state index contributed by atoms with van der Waals surface area (Å²) < 4.78 is 0. The SMILES string of the molecule is CCCNCC1CCN(CC2(C)CCCCC2)C1. The number of nitrogens with one attached hydrogen (secondary N) is 1. The minimum Gasteiger partial charge on any atom is -0.316 e. The van der Waals surface area contributed by atoms with Crippen molar-refractivity contribution in [3.05, 3.63) is 0 Å². The second kappa shape index (κ2) is 6.91. The van der Waals surface area contributed by atoms with E-state index < -0.39 is 0 Å². The molecule has 0 bridgehead atoms. The molecule has 1 saturated heterocycles. The smallest absolute Gasteiger partial charge is 0.00354 e. The monoisotopic (exact) mass is 252 g/mol. The van der Waals surface area contributed by atoms with Crippen molar-refractivity contribution < 1.29 is 0 Å². The van der Waals surface area contributed by atoms with Crippen LogP contribution in [0.4, 0.5) is 0 Å². The highest BCUT2D eigenvalue weighted by atomic mass is 15.2. The molecule has 0 aromatic carbocycles. The molecule has 0 aromatic rings. The van der Waals surface area contributed by atoms with E-state index in [1.807, 2.05) is 0 Å². The predicted octanol–water partition coefficient (Wildman–Crippen LogP) is 3.28. The molecule has 1 aliphatic carbocycles. The first-order valence-corrected chi connectivity index (χ1v) is 8.15. The van der Waals surface area contributed by atoms with Crippen LogP contribution in [0.2, 0.25) is 0 Å². The van der Waals surface area contributed by atoms with Gasteiger partial charge in [-0.3, -0.25) is 0 Å². The van der Waals surface area contributed by atoms with Crippen LogP contribution in [0.5, 0.6) is 0 Å². The third-order valence-corrected chi connectivity index (χ3v) is 4.90. The van der Waals surface area contributed by atoms with Crippen LogP contribution < -0.4 is 5.32 Å². The Balaban J connectivity index is 1.68. The van der Waals surface area contributed by atoms with Crippen LogP contribution >= 0.6 is 0 Å². The fourth-order valence-electron chi connectivity index (χ4n) is 3.81. The summed E-state index contributed by atoms with van der Waals surface area (Å²) in [5.74, 6) is 0.906. The molecule has 1 aliphatic heterocycles. The highest BCUT2D eigenvalue weighted by Gasteiger charge is 2.32. The van der Waals surface area contributed by atoms with E-state index in [0.29, 0.717) is 5.41 Å². The van der Waals surface area contributed by atoms with Crippen molar-refractivity contribution in [2.24, 2.45) is 11.3 Å². The van der Waals surface area contributed by atoms with Gasteiger partial charge in [0.15, 0.2) is 0 Å². The minimum absolute atomic E-state index is 0.629. The fourth-order valence-corrected chi connectivity index (χ4v) is 3.81. The van der Waals surface area contributed by atoms with Gasteiger partial charge in [0, 0.05) is 13.1 Å². The maximum absolute atomic E-state index is 3.58.